The Kier molecular flexibility index (Phi) is 4.11. The largest absolute Gasteiger partial charge is 0.449 e. The maximum absolute atomic E-state index is 11.8. The molecule has 0 bridgehead atoms. The van der Waals surface area contributed by atoms with Crippen LogP contribution in [0.3, 0.4) is 0 Å². The summed E-state index contributed by atoms with van der Waals surface area (Å²) in [6.07, 6.45) is 5.07. The molecule has 0 saturated carbocycles. The Morgan fingerprint density at radius 1 is 1.32 bits per heavy atom. The second-order valence-electron chi connectivity index (χ2n) is 4.49. The number of oxazole rings is 1. The zero-order chi connectivity index (χ0) is 15.5. The molecule has 0 atom stereocenters. The van der Waals surface area contributed by atoms with E-state index >= 15 is 0 Å². The Balaban J connectivity index is 1.97. The number of nitrogens with zero attached hydrogens (tertiary/aromatic N) is 1. The van der Waals surface area contributed by atoms with Gasteiger partial charge >= 0.3 is 5.97 Å². The molecule has 3 aromatic rings. The van der Waals surface area contributed by atoms with E-state index in [9.17, 15) is 4.79 Å². The predicted octanol–water partition coefficient (Wildman–Crippen LogP) is 3.89. The van der Waals surface area contributed by atoms with E-state index in [4.69, 9.17) is 15.6 Å². The van der Waals surface area contributed by atoms with Crippen LogP contribution in [0, 0.1) is 15.9 Å². The van der Waals surface area contributed by atoms with Gasteiger partial charge in [-0.3, -0.25) is 0 Å². The number of ether oxygens (including phenoxy) is 1. The summed E-state index contributed by atoms with van der Waals surface area (Å²) in [6, 6.07) is 12.8. The quantitative estimate of drug-likeness (QED) is 0.378. The minimum absolute atomic E-state index is 0.0522. The molecule has 0 N–H and O–H groups in total. The van der Waals surface area contributed by atoms with Crippen LogP contribution in [0.1, 0.15) is 10.4 Å². The first-order valence-electron chi connectivity index (χ1n) is 6.44. The summed E-state index contributed by atoms with van der Waals surface area (Å²) in [4.78, 5) is 16.2. The highest BCUT2D eigenvalue weighted by molar-refractivity contribution is 14.1. The molecule has 0 spiro atoms. The van der Waals surface area contributed by atoms with Crippen molar-refractivity contribution < 1.29 is 13.9 Å². The summed E-state index contributed by atoms with van der Waals surface area (Å²) >= 11 is 2.23. The molecule has 0 saturated heterocycles. The van der Waals surface area contributed by atoms with Crippen molar-refractivity contribution in [3.63, 3.8) is 0 Å². The van der Waals surface area contributed by atoms with Gasteiger partial charge in [0.05, 0.1) is 5.56 Å². The number of hydrogen-bond acceptors (Lipinski definition) is 4. The van der Waals surface area contributed by atoms with Crippen LogP contribution in [-0.4, -0.2) is 17.6 Å². The average molecular weight is 403 g/mol. The minimum Gasteiger partial charge on any atom is -0.449 e. The van der Waals surface area contributed by atoms with Crippen molar-refractivity contribution in [3.05, 3.63) is 51.6 Å². The first-order valence-corrected chi connectivity index (χ1v) is 7.52. The van der Waals surface area contributed by atoms with Gasteiger partial charge in [0.1, 0.15) is 5.52 Å². The molecule has 1 aromatic heterocycles. The molecule has 4 nitrogen and oxygen atoms in total. The van der Waals surface area contributed by atoms with Gasteiger partial charge in [-0.25, -0.2) is 9.78 Å². The third-order valence-corrected chi connectivity index (χ3v) is 3.65. The third kappa shape index (κ3) is 2.97. The lowest BCUT2D eigenvalue weighted by atomic mass is 10.2. The number of esters is 1. The van der Waals surface area contributed by atoms with E-state index in [1.165, 1.54) is 0 Å². The van der Waals surface area contributed by atoms with E-state index in [2.05, 4.69) is 33.5 Å². The van der Waals surface area contributed by atoms with Crippen LogP contribution < -0.4 is 0 Å². The number of fused-ring (bicyclic) bond motifs is 1. The second kappa shape index (κ2) is 6.20. The fraction of sp³-hybridized carbons (Fsp3) is 0.0588. The lowest BCUT2D eigenvalue weighted by Gasteiger charge is -1.99. The zero-order valence-electron chi connectivity index (χ0n) is 11.4. The number of halogens is 1. The number of terminal acetylenes is 1. The van der Waals surface area contributed by atoms with Crippen molar-refractivity contribution >= 4 is 39.7 Å². The fourth-order valence-corrected chi connectivity index (χ4v) is 2.53. The third-order valence-electron chi connectivity index (χ3n) is 2.98. The van der Waals surface area contributed by atoms with E-state index in [1.807, 2.05) is 24.3 Å². The van der Waals surface area contributed by atoms with Gasteiger partial charge in [-0.15, -0.1) is 6.42 Å². The van der Waals surface area contributed by atoms with E-state index in [0.717, 1.165) is 9.13 Å². The average Bonchev–Trinajstić information content (AvgIpc) is 2.95. The van der Waals surface area contributed by atoms with Crippen molar-refractivity contribution in [3.8, 4) is 23.8 Å². The van der Waals surface area contributed by atoms with Crippen molar-refractivity contribution in [2.75, 3.05) is 6.61 Å². The summed E-state index contributed by atoms with van der Waals surface area (Å²) in [5, 5.41) is 0. The Labute approximate surface area is 140 Å². The van der Waals surface area contributed by atoms with Gasteiger partial charge in [0.15, 0.2) is 12.2 Å². The first kappa shape index (κ1) is 14.6. The topological polar surface area (TPSA) is 52.3 Å². The summed E-state index contributed by atoms with van der Waals surface area (Å²) in [5.74, 6) is 2.30. The number of carbonyl (C=O) groups is 1. The van der Waals surface area contributed by atoms with E-state index in [1.54, 1.807) is 18.2 Å². The van der Waals surface area contributed by atoms with Crippen molar-refractivity contribution in [2.45, 2.75) is 0 Å². The molecule has 108 valence electrons. The Hall–Kier alpha value is -2.33. The van der Waals surface area contributed by atoms with Gasteiger partial charge < -0.3 is 9.15 Å². The lowest BCUT2D eigenvalue weighted by molar-refractivity contribution is 0.0557. The van der Waals surface area contributed by atoms with Crippen molar-refractivity contribution in [1.29, 1.82) is 0 Å². The molecule has 3 rings (SSSR count). The molecule has 0 aliphatic carbocycles. The normalized spacial score (nSPS) is 10.4. The van der Waals surface area contributed by atoms with Crippen LogP contribution in [0.5, 0.6) is 0 Å². The van der Waals surface area contributed by atoms with E-state index < -0.39 is 5.97 Å². The van der Waals surface area contributed by atoms with Crippen LogP contribution in [-0.2, 0) is 4.74 Å². The zero-order valence-corrected chi connectivity index (χ0v) is 13.5. The molecule has 0 radical (unpaired) electrons. The maximum Gasteiger partial charge on any atom is 0.339 e. The molecular weight excluding hydrogens is 393 g/mol. The number of aromatic nitrogens is 1. The number of benzene rings is 2. The number of hydrogen-bond donors (Lipinski definition) is 0. The molecule has 22 heavy (non-hydrogen) atoms. The van der Waals surface area contributed by atoms with Gasteiger partial charge in [0.25, 0.3) is 0 Å². The van der Waals surface area contributed by atoms with E-state index in [0.29, 0.717) is 22.6 Å². The molecule has 0 aliphatic rings. The fourth-order valence-electron chi connectivity index (χ4n) is 1.99. The lowest BCUT2D eigenvalue weighted by Crippen LogP contribution is -2.04. The van der Waals surface area contributed by atoms with Crippen LogP contribution in [0.25, 0.3) is 22.6 Å². The van der Waals surface area contributed by atoms with Crippen LogP contribution in [0.4, 0.5) is 0 Å². The van der Waals surface area contributed by atoms with Gasteiger partial charge in [-0.1, -0.05) is 12.0 Å². The molecule has 1 heterocycles. The van der Waals surface area contributed by atoms with E-state index in [-0.39, 0.29) is 6.61 Å². The van der Waals surface area contributed by atoms with Crippen LogP contribution in [0.2, 0.25) is 0 Å². The highest BCUT2D eigenvalue weighted by Gasteiger charge is 2.12. The molecule has 5 heteroatoms. The standard InChI is InChI=1S/C17H10INO3/c1-2-8-21-17(20)12-6-7-15-14(10-12)19-16(22-15)11-4-3-5-13(18)9-11/h1,3-7,9-10H,8H2. The van der Waals surface area contributed by atoms with Gasteiger partial charge in [-0.05, 0) is 59.0 Å². The smallest absolute Gasteiger partial charge is 0.339 e. The molecule has 0 amide bonds. The predicted molar refractivity (Wildman–Crippen MR) is 91.3 cm³/mol. The Morgan fingerprint density at radius 3 is 2.95 bits per heavy atom. The first-order chi connectivity index (χ1) is 10.7. The minimum atomic E-state index is -0.473. The highest BCUT2D eigenvalue weighted by atomic mass is 127. The second-order valence-corrected chi connectivity index (χ2v) is 5.74. The summed E-state index contributed by atoms with van der Waals surface area (Å²) in [5.41, 5.74) is 2.50. The summed E-state index contributed by atoms with van der Waals surface area (Å²) in [7, 11) is 0. The van der Waals surface area contributed by atoms with Gasteiger partial charge in [0, 0.05) is 9.13 Å². The molecule has 0 aliphatic heterocycles. The van der Waals surface area contributed by atoms with Crippen molar-refractivity contribution in [2.24, 2.45) is 0 Å². The summed E-state index contributed by atoms with van der Waals surface area (Å²) < 4.78 is 11.7. The maximum atomic E-state index is 11.8. The molecular formula is C17H10INO3. The van der Waals surface area contributed by atoms with Crippen LogP contribution in [0.15, 0.2) is 46.9 Å². The SMILES string of the molecule is C#CCOC(=O)c1ccc2oc(-c3cccc(I)c3)nc2c1. The van der Waals surface area contributed by atoms with Gasteiger partial charge in [0.2, 0.25) is 5.89 Å². The van der Waals surface area contributed by atoms with Gasteiger partial charge in [-0.2, -0.15) is 0 Å². The summed E-state index contributed by atoms with van der Waals surface area (Å²) in [6.45, 7) is -0.0522. The molecule has 0 fully saturated rings. The number of carbonyl (C=O) groups excluding carboxylic acids is 1. The van der Waals surface area contributed by atoms with Crippen molar-refractivity contribution in [1.82, 2.24) is 4.98 Å². The molecule has 2 aromatic carbocycles. The molecule has 0 unspecified atom stereocenters. The van der Waals surface area contributed by atoms with Crippen LogP contribution >= 0.6 is 22.6 Å². The Morgan fingerprint density at radius 2 is 2.18 bits per heavy atom. The Bertz CT molecular complexity index is 892. The number of rotatable bonds is 3. The monoisotopic (exact) mass is 403 g/mol. The highest BCUT2D eigenvalue weighted by Crippen LogP contribution is 2.26.